The predicted octanol–water partition coefficient (Wildman–Crippen LogP) is 2.52. The van der Waals surface area contributed by atoms with Crippen molar-refractivity contribution < 1.29 is 0 Å². The SMILES string of the molecule is CCN(CC)c1ccc(CNCCn2cccn2)cc1. The molecule has 0 aliphatic heterocycles. The minimum absolute atomic E-state index is 0.903. The molecule has 0 aliphatic rings. The number of hydrogen-bond donors (Lipinski definition) is 1. The van der Waals surface area contributed by atoms with Crippen molar-refractivity contribution in [3.8, 4) is 0 Å². The molecule has 0 radical (unpaired) electrons. The minimum atomic E-state index is 0.903. The van der Waals surface area contributed by atoms with Gasteiger partial charge in [-0.2, -0.15) is 5.10 Å². The Labute approximate surface area is 121 Å². The van der Waals surface area contributed by atoms with Crippen LogP contribution in [0, 0.1) is 0 Å². The van der Waals surface area contributed by atoms with Gasteiger partial charge in [0.25, 0.3) is 0 Å². The summed E-state index contributed by atoms with van der Waals surface area (Å²) in [6, 6.07) is 10.8. The third kappa shape index (κ3) is 4.10. The molecule has 1 N–H and O–H groups in total. The summed E-state index contributed by atoms with van der Waals surface area (Å²) in [5.74, 6) is 0. The Hall–Kier alpha value is -1.81. The van der Waals surface area contributed by atoms with Gasteiger partial charge in [0.15, 0.2) is 0 Å². The first-order valence-electron chi connectivity index (χ1n) is 7.35. The second-order valence-corrected chi connectivity index (χ2v) is 4.78. The molecule has 0 amide bonds. The van der Waals surface area contributed by atoms with Crippen molar-refractivity contribution in [3.63, 3.8) is 0 Å². The molecule has 0 saturated heterocycles. The molecule has 0 fully saturated rings. The van der Waals surface area contributed by atoms with Crippen LogP contribution in [-0.4, -0.2) is 29.4 Å². The van der Waals surface area contributed by atoms with E-state index in [4.69, 9.17) is 0 Å². The highest BCUT2D eigenvalue weighted by atomic mass is 15.3. The van der Waals surface area contributed by atoms with Gasteiger partial charge in [0.1, 0.15) is 0 Å². The highest BCUT2D eigenvalue weighted by Gasteiger charge is 2.01. The minimum Gasteiger partial charge on any atom is -0.372 e. The average Bonchev–Trinajstić information content (AvgIpc) is 3.00. The first-order chi connectivity index (χ1) is 9.83. The van der Waals surface area contributed by atoms with Crippen molar-refractivity contribution in [1.82, 2.24) is 15.1 Å². The first kappa shape index (κ1) is 14.6. The van der Waals surface area contributed by atoms with Crippen molar-refractivity contribution in [2.45, 2.75) is 26.9 Å². The van der Waals surface area contributed by atoms with Gasteiger partial charge in [-0.1, -0.05) is 12.1 Å². The van der Waals surface area contributed by atoms with Gasteiger partial charge in [-0.25, -0.2) is 0 Å². The van der Waals surface area contributed by atoms with Gasteiger partial charge < -0.3 is 10.2 Å². The van der Waals surface area contributed by atoms with Crippen LogP contribution in [-0.2, 0) is 13.1 Å². The van der Waals surface area contributed by atoms with Crippen LogP contribution in [0.1, 0.15) is 19.4 Å². The Morgan fingerprint density at radius 1 is 1.15 bits per heavy atom. The number of nitrogens with zero attached hydrogens (tertiary/aromatic N) is 3. The van der Waals surface area contributed by atoms with Gasteiger partial charge in [0, 0.05) is 44.3 Å². The van der Waals surface area contributed by atoms with Crippen LogP contribution in [0.25, 0.3) is 0 Å². The van der Waals surface area contributed by atoms with Gasteiger partial charge in [0.05, 0.1) is 6.54 Å². The molecule has 1 aromatic heterocycles. The Kier molecular flexibility index (Phi) is 5.62. The Morgan fingerprint density at radius 3 is 2.50 bits per heavy atom. The maximum absolute atomic E-state index is 4.18. The van der Waals surface area contributed by atoms with E-state index in [1.165, 1.54) is 11.3 Å². The van der Waals surface area contributed by atoms with Crippen molar-refractivity contribution >= 4 is 5.69 Å². The van der Waals surface area contributed by atoms with Crippen LogP contribution in [0.3, 0.4) is 0 Å². The zero-order valence-corrected chi connectivity index (χ0v) is 12.4. The number of aromatic nitrogens is 2. The first-order valence-corrected chi connectivity index (χ1v) is 7.35. The largest absolute Gasteiger partial charge is 0.372 e. The van der Waals surface area contributed by atoms with Crippen LogP contribution < -0.4 is 10.2 Å². The van der Waals surface area contributed by atoms with Crippen molar-refractivity contribution in [2.75, 3.05) is 24.5 Å². The highest BCUT2D eigenvalue weighted by molar-refractivity contribution is 5.47. The molecule has 108 valence electrons. The molecule has 0 aliphatic carbocycles. The summed E-state index contributed by atoms with van der Waals surface area (Å²) in [7, 11) is 0. The van der Waals surface area contributed by atoms with E-state index in [0.29, 0.717) is 0 Å². The number of hydrogen-bond acceptors (Lipinski definition) is 3. The fraction of sp³-hybridized carbons (Fsp3) is 0.438. The smallest absolute Gasteiger partial charge is 0.0534 e. The number of nitrogens with one attached hydrogen (secondary N) is 1. The molecule has 1 aromatic carbocycles. The molecule has 0 spiro atoms. The zero-order valence-electron chi connectivity index (χ0n) is 12.4. The second kappa shape index (κ2) is 7.70. The average molecular weight is 272 g/mol. The summed E-state index contributed by atoms with van der Waals surface area (Å²) in [6.07, 6.45) is 3.80. The third-order valence-corrected chi connectivity index (χ3v) is 3.47. The highest BCUT2D eigenvalue weighted by Crippen LogP contribution is 2.14. The van der Waals surface area contributed by atoms with Crippen LogP contribution in [0.5, 0.6) is 0 Å². The van der Waals surface area contributed by atoms with E-state index in [1.807, 2.05) is 23.1 Å². The lowest BCUT2D eigenvalue weighted by atomic mass is 10.2. The van der Waals surface area contributed by atoms with Crippen molar-refractivity contribution in [3.05, 3.63) is 48.3 Å². The Balaban J connectivity index is 1.76. The zero-order chi connectivity index (χ0) is 14.2. The summed E-state index contributed by atoms with van der Waals surface area (Å²) in [5, 5.41) is 7.62. The maximum atomic E-state index is 4.18. The number of anilines is 1. The third-order valence-electron chi connectivity index (χ3n) is 3.47. The summed E-state index contributed by atoms with van der Waals surface area (Å²) in [4.78, 5) is 2.36. The van der Waals surface area contributed by atoms with Gasteiger partial charge >= 0.3 is 0 Å². The van der Waals surface area contributed by atoms with Gasteiger partial charge in [-0.3, -0.25) is 4.68 Å². The number of benzene rings is 1. The predicted molar refractivity (Wildman–Crippen MR) is 83.9 cm³/mol. The molecule has 4 nitrogen and oxygen atoms in total. The Bertz CT molecular complexity index is 472. The molecule has 20 heavy (non-hydrogen) atoms. The standard InChI is InChI=1S/C16H24N4/c1-3-19(4-2)16-8-6-15(7-9-16)14-17-11-13-20-12-5-10-18-20/h5-10,12,17H,3-4,11,13-14H2,1-2H3. The van der Waals surface area contributed by atoms with Crippen LogP contribution in [0.2, 0.25) is 0 Å². The molecule has 2 rings (SSSR count). The monoisotopic (exact) mass is 272 g/mol. The number of rotatable bonds is 8. The van der Waals surface area contributed by atoms with Crippen molar-refractivity contribution in [1.29, 1.82) is 0 Å². The van der Waals surface area contributed by atoms with Crippen LogP contribution >= 0.6 is 0 Å². The molecule has 1 heterocycles. The fourth-order valence-electron chi connectivity index (χ4n) is 2.27. The van der Waals surface area contributed by atoms with E-state index in [0.717, 1.165) is 32.7 Å². The second-order valence-electron chi connectivity index (χ2n) is 4.78. The molecular weight excluding hydrogens is 248 g/mol. The van der Waals surface area contributed by atoms with Gasteiger partial charge in [0.2, 0.25) is 0 Å². The molecule has 0 unspecified atom stereocenters. The van der Waals surface area contributed by atoms with E-state index in [2.05, 4.69) is 53.4 Å². The lowest BCUT2D eigenvalue weighted by Gasteiger charge is -2.21. The van der Waals surface area contributed by atoms with Crippen LogP contribution in [0.15, 0.2) is 42.7 Å². The lowest BCUT2D eigenvalue weighted by Crippen LogP contribution is -2.22. The molecule has 0 saturated carbocycles. The molecule has 0 bridgehead atoms. The summed E-state index contributed by atoms with van der Waals surface area (Å²) < 4.78 is 1.94. The van der Waals surface area contributed by atoms with E-state index in [9.17, 15) is 0 Å². The fourth-order valence-corrected chi connectivity index (χ4v) is 2.27. The maximum Gasteiger partial charge on any atom is 0.0534 e. The molecular formula is C16H24N4. The lowest BCUT2D eigenvalue weighted by molar-refractivity contribution is 0.555. The topological polar surface area (TPSA) is 33.1 Å². The van der Waals surface area contributed by atoms with Gasteiger partial charge in [-0.05, 0) is 37.6 Å². The molecule has 4 heteroatoms. The van der Waals surface area contributed by atoms with Crippen LogP contribution in [0.4, 0.5) is 5.69 Å². The summed E-state index contributed by atoms with van der Waals surface area (Å²) in [6.45, 7) is 9.22. The van der Waals surface area contributed by atoms with E-state index in [-0.39, 0.29) is 0 Å². The van der Waals surface area contributed by atoms with Gasteiger partial charge in [-0.15, -0.1) is 0 Å². The quantitative estimate of drug-likeness (QED) is 0.750. The summed E-state index contributed by atoms with van der Waals surface area (Å²) >= 11 is 0. The van der Waals surface area contributed by atoms with E-state index < -0.39 is 0 Å². The molecule has 2 aromatic rings. The normalized spacial score (nSPS) is 10.7. The summed E-state index contributed by atoms with van der Waals surface area (Å²) in [5.41, 5.74) is 2.62. The van der Waals surface area contributed by atoms with Crippen molar-refractivity contribution in [2.24, 2.45) is 0 Å². The molecule has 0 atom stereocenters. The van der Waals surface area contributed by atoms with E-state index >= 15 is 0 Å². The Morgan fingerprint density at radius 2 is 1.90 bits per heavy atom. The van der Waals surface area contributed by atoms with E-state index in [1.54, 1.807) is 0 Å².